The molecule has 8 heteroatoms. The molecule has 1 amide bonds. The number of hydrogen-bond acceptors (Lipinski definition) is 4. The number of nitrogens with one attached hydrogen (secondary N) is 1. The zero-order chi connectivity index (χ0) is 19.9. The first-order valence-corrected chi connectivity index (χ1v) is 11.9. The molecular weight excluding hydrogens is 430 g/mol. The number of piperidine rings is 1. The molecule has 27 heavy (non-hydrogen) atoms. The molecule has 0 aromatic heterocycles. The van der Waals surface area contributed by atoms with Gasteiger partial charge in [0.15, 0.2) is 0 Å². The van der Waals surface area contributed by atoms with Crippen LogP contribution in [0.3, 0.4) is 0 Å². The van der Waals surface area contributed by atoms with Crippen molar-refractivity contribution in [3.63, 3.8) is 0 Å². The van der Waals surface area contributed by atoms with E-state index in [2.05, 4.69) is 26.1 Å². The lowest BCUT2D eigenvalue weighted by atomic mass is 10.1. The smallest absolute Gasteiger partial charge is 0.252 e. The zero-order valence-electron chi connectivity index (χ0n) is 16.2. The molecule has 1 heterocycles. The molecule has 1 aliphatic rings. The molecule has 1 aliphatic heterocycles. The summed E-state index contributed by atoms with van der Waals surface area (Å²) >= 11 is 3.36. The Bertz CT molecular complexity index is 730. The van der Waals surface area contributed by atoms with Crippen LogP contribution in [0.4, 0.5) is 0 Å². The van der Waals surface area contributed by atoms with Crippen LogP contribution in [0.25, 0.3) is 0 Å². The van der Waals surface area contributed by atoms with Crippen molar-refractivity contribution in [2.45, 2.75) is 44.4 Å². The average molecular weight is 460 g/mol. The molecular formula is C19H30BrN3O3S. The van der Waals surface area contributed by atoms with E-state index in [9.17, 15) is 13.2 Å². The lowest BCUT2D eigenvalue weighted by Gasteiger charge is -2.26. The van der Waals surface area contributed by atoms with Crippen molar-refractivity contribution >= 4 is 31.9 Å². The Kier molecular flexibility index (Phi) is 8.72. The number of hydrogen-bond donors (Lipinski definition) is 1. The number of carbonyl (C=O) groups is 1. The van der Waals surface area contributed by atoms with Gasteiger partial charge in [-0.3, -0.25) is 4.79 Å². The van der Waals surface area contributed by atoms with Crippen LogP contribution in [0.15, 0.2) is 27.6 Å². The first-order valence-electron chi connectivity index (χ1n) is 9.70. The molecule has 6 nitrogen and oxygen atoms in total. The average Bonchev–Trinajstić information content (AvgIpc) is 2.67. The Morgan fingerprint density at radius 1 is 1.19 bits per heavy atom. The zero-order valence-corrected chi connectivity index (χ0v) is 18.6. The number of carbonyl (C=O) groups excluding carboxylic acids is 1. The minimum atomic E-state index is -3.59. The van der Waals surface area contributed by atoms with Gasteiger partial charge < -0.3 is 10.2 Å². The van der Waals surface area contributed by atoms with Crippen molar-refractivity contribution < 1.29 is 13.2 Å². The molecule has 0 aliphatic carbocycles. The summed E-state index contributed by atoms with van der Waals surface area (Å²) in [7, 11) is -3.59. The number of sulfonamides is 1. The van der Waals surface area contributed by atoms with E-state index in [0.29, 0.717) is 29.7 Å². The van der Waals surface area contributed by atoms with Gasteiger partial charge in [-0.2, -0.15) is 4.31 Å². The standard InChI is InChI=1S/C19H30BrN3O3S/c1-3-23(4-2)27(25,26)16-9-10-18(20)17(15-16)19(24)21-11-8-14-22-12-6-5-7-13-22/h9-10,15H,3-8,11-14H2,1-2H3,(H,21,24). The van der Waals surface area contributed by atoms with E-state index in [1.54, 1.807) is 19.9 Å². The minimum Gasteiger partial charge on any atom is -0.352 e. The fourth-order valence-corrected chi connectivity index (χ4v) is 5.25. The third kappa shape index (κ3) is 6.01. The molecule has 152 valence electrons. The van der Waals surface area contributed by atoms with Gasteiger partial charge in [0.2, 0.25) is 10.0 Å². The summed E-state index contributed by atoms with van der Waals surface area (Å²) in [4.78, 5) is 15.1. The van der Waals surface area contributed by atoms with Gasteiger partial charge in [0, 0.05) is 24.1 Å². The van der Waals surface area contributed by atoms with Gasteiger partial charge in [-0.15, -0.1) is 0 Å². The first kappa shape index (κ1) is 22.3. The number of nitrogens with zero attached hydrogens (tertiary/aromatic N) is 2. The molecule has 1 N–H and O–H groups in total. The van der Waals surface area contributed by atoms with E-state index in [1.165, 1.54) is 35.7 Å². The van der Waals surface area contributed by atoms with Gasteiger partial charge in [0.1, 0.15) is 0 Å². The number of amides is 1. The van der Waals surface area contributed by atoms with Crippen LogP contribution >= 0.6 is 15.9 Å². The van der Waals surface area contributed by atoms with Crippen molar-refractivity contribution in [2.24, 2.45) is 0 Å². The maximum Gasteiger partial charge on any atom is 0.252 e. The van der Waals surface area contributed by atoms with Crippen LogP contribution in [0.5, 0.6) is 0 Å². The summed E-state index contributed by atoms with van der Waals surface area (Å²) in [6, 6.07) is 4.61. The normalized spacial score (nSPS) is 15.9. The monoisotopic (exact) mass is 459 g/mol. The van der Waals surface area contributed by atoms with Crippen molar-refractivity contribution in [2.75, 3.05) is 39.3 Å². The van der Waals surface area contributed by atoms with E-state index in [4.69, 9.17) is 0 Å². The van der Waals surface area contributed by atoms with E-state index in [1.807, 2.05) is 0 Å². The topological polar surface area (TPSA) is 69.7 Å². The van der Waals surface area contributed by atoms with E-state index in [-0.39, 0.29) is 10.8 Å². The summed E-state index contributed by atoms with van der Waals surface area (Å²) in [5.74, 6) is -0.253. The molecule has 0 saturated carbocycles. The van der Waals surface area contributed by atoms with Crippen LogP contribution in [-0.2, 0) is 10.0 Å². The molecule has 1 aromatic rings. The largest absolute Gasteiger partial charge is 0.352 e. The summed E-state index contributed by atoms with van der Waals surface area (Å²) in [6.45, 7) is 8.24. The third-order valence-corrected chi connectivity index (χ3v) is 7.65. The molecule has 0 radical (unpaired) electrons. The molecule has 1 aromatic carbocycles. The highest BCUT2D eigenvalue weighted by Gasteiger charge is 2.23. The van der Waals surface area contributed by atoms with Crippen LogP contribution in [0, 0.1) is 0 Å². The maximum atomic E-state index is 12.7. The van der Waals surface area contributed by atoms with E-state index >= 15 is 0 Å². The second-order valence-electron chi connectivity index (χ2n) is 6.74. The van der Waals surface area contributed by atoms with Gasteiger partial charge in [-0.25, -0.2) is 8.42 Å². The van der Waals surface area contributed by atoms with Gasteiger partial charge in [-0.1, -0.05) is 20.3 Å². The predicted molar refractivity (Wildman–Crippen MR) is 111 cm³/mol. The van der Waals surface area contributed by atoms with E-state index < -0.39 is 10.0 Å². The summed E-state index contributed by atoms with van der Waals surface area (Å²) in [5.41, 5.74) is 0.348. The number of halogens is 1. The second kappa shape index (κ2) is 10.5. The summed E-state index contributed by atoms with van der Waals surface area (Å²) in [5, 5.41) is 2.91. The number of likely N-dealkylation sites (tertiary alicyclic amines) is 1. The second-order valence-corrected chi connectivity index (χ2v) is 9.54. The molecule has 1 fully saturated rings. The summed E-state index contributed by atoms with van der Waals surface area (Å²) < 4.78 is 27.4. The molecule has 0 bridgehead atoms. The van der Waals surface area contributed by atoms with E-state index in [0.717, 1.165) is 26.1 Å². The minimum absolute atomic E-state index is 0.146. The highest BCUT2D eigenvalue weighted by molar-refractivity contribution is 9.10. The summed E-state index contributed by atoms with van der Waals surface area (Å²) in [6.07, 6.45) is 4.72. The Hall–Kier alpha value is -0.960. The lowest BCUT2D eigenvalue weighted by molar-refractivity contribution is 0.0950. The quantitative estimate of drug-likeness (QED) is 0.575. The Morgan fingerprint density at radius 2 is 1.85 bits per heavy atom. The van der Waals surface area contributed by atoms with Crippen LogP contribution < -0.4 is 5.32 Å². The van der Waals surface area contributed by atoms with Crippen molar-refractivity contribution in [1.82, 2.24) is 14.5 Å². The highest BCUT2D eigenvalue weighted by atomic mass is 79.9. The molecule has 1 saturated heterocycles. The molecule has 0 spiro atoms. The lowest BCUT2D eigenvalue weighted by Crippen LogP contribution is -2.33. The van der Waals surface area contributed by atoms with Crippen molar-refractivity contribution in [1.29, 1.82) is 0 Å². The van der Waals surface area contributed by atoms with Gasteiger partial charge in [0.25, 0.3) is 5.91 Å². The van der Waals surface area contributed by atoms with Crippen molar-refractivity contribution in [3.05, 3.63) is 28.2 Å². The van der Waals surface area contributed by atoms with Crippen LogP contribution in [0.1, 0.15) is 49.9 Å². The predicted octanol–water partition coefficient (Wildman–Crippen LogP) is 3.09. The van der Waals surface area contributed by atoms with Gasteiger partial charge in [0.05, 0.1) is 10.5 Å². The Labute approximate surface area is 171 Å². The highest BCUT2D eigenvalue weighted by Crippen LogP contribution is 2.23. The molecule has 2 rings (SSSR count). The van der Waals surface area contributed by atoms with Gasteiger partial charge >= 0.3 is 0 Å². The van der Waals surface area contributed by atoms with Crippen molar-refractivity contribution in [3.8, 4) is 0 Å². The molecule has 0 atom stereocenters. The Balaban J connectivity index is 1.99. The molecule has 0 unspecified atom stereocenters. The third-order valence-electron chi connectivity index (χ3n) is 4.91. The van der Waals surface area contributed by atoms with Gasteiger partial charge in [-0.05, 0) is 73.0 Å². The Morgan fingerprint density at radius 3 is 2.48 bits per heavy atom. The fraction of sp³-hybridized carbons (Fsp3) is 0.632. The number of rotatable bonds is 9. The number of benzene rings is 1. The maximum absolute atomic E-state index is 12.7. The SMILES string of the molecule is CCN(CC)S(=O)(=O)c1ccc(Br)c(C(=O)NCCCN2CCCCC2)c1. The van der Waals surface area contributed by atoms with Crippen LogP contribution in [-0.4, -0.2) is 62.8 Å². The first-order chi connectivity index (χ1) is 12.9. The fourth-order valence-electron chi connectivity index (χ4n) is 3.33. The van der Waals surface area contributed by atoms with Crippen LogP contribution in [0.2, 0.25) is 0 Å².